The minimum Gasteiger partial charge on any atom is -0.508 e. The summed E-state index contributed by atoms with van der Waals surface area (Å²) in [7, 11) is 0. The van der Waals surface area contributed by atoms with Crippen LogP contribution < -0.4 is 21.7 Å². The molecule has 8 N–H and O–H groups in total. The number of amides is 3. The van der Waals surface area contributed by atoms with Gasteiger partial charge >= 0.3 is 5.97 Å². The molecule has 3 amide bonds. The fourth-order valence-corrected chi connectivity index (χ4v) is 3.78. The Morgan fingerprint density at radius 3 is 2.16 bits per heavy atom. The lowest BCUT2D eigenvalue weighted by molar-refractivity contribution is -0.142. The first-order chi connectivity index (χ1) is 17.5. The van der Waals surface area contributed by atoms with Gasteiger partial charge in [-0.05, 0) is 43.2 Å². The molecule has 0 saturated heterocycles. The highest BCUT2D eigenvalue weighted by Gasteiger charge is 2.29. The number of carbonyl (C=O) groups is 4. The number of nitrogens with two attached hydrogens (primary N) is 1. The number of aliphatic carboxylic acids is 1. The van der Waals surface area contributed by atoms with Crippen LogP contribution in [-0.2, 0) is 32.0 Å². The molecule has 4 atom stereocenters. The zero-order chi connectivity index (χ0) is 27.1. The van der Waals surface area contributed by atoms with Crippen molar-refractivity contribution in [2.75, 3.05) is 0 Å². The molecule has 3 aromatic rings. The minimum absolute atomic E-state index is 0.0191. The van der Waals surface area contributed by atoms with Crippen molar-refractivity contribution in [2.24, 2.45) is 5.73 Å². The Balaban J connectivity index is 1.78. The molecule has 0 aliphatic rings. The van der Waals surface area contributed by atoms with Gasteiger partial charge in [-0.25, -0.2) is 4.79 Å². The van der Waals surface area contributed by atoms with E-state index >= 15 is 0 Å². The number of H-pyrrole nitrogens is 1. The van der Waals surface area contributed by atoms with Crippen LogP contribution in [0.5, 0.6) is 5.75 Å². The number of rotatable bonds is 11. The van der Waals surface area contributed by atoms with Crippen LogP contribution in [0.1, 0.15) is 25.0 Å². The number of phenolic OH excluding ortho intramolecular Hbond substituents is 1. The summed E-state index contributed by atoms with van der Waals surface area (Å²) in [4.78, 5) is 53.0. The van der Waals surface area contributed by atoms with Gasteiger partial charge in [0.2, 0.25) is 17.7 Å². The number of benzene rings is 2. The number of phenols is 1. The maximum absolute atomic E-state index is 13.3. The summed E-state index contributed by atoms with van der Waals surface area (Å²) in [6.07, 6.45) is 1.74. The molecule has 1 heterocycles. The summed E-state index contributed by atoms with van der Waals surface area (Å²) in [6.45, 7) is 2.92. The summed E-state index contributed by atoms with van der Waals surface area (Å²) in [6, 6.07) is 9.22. The van der Waals surface area contributed by atoms with Crippen molar-refractivity contribution < 1.29 is 29.4 Å². The van der Waals surface area contributed by atoms with E-state index in [0.29, 0.717) is 5.56 Å². The fraction of sp³-hybridized carbons (Fsp3) is 0.308. The van der Waals surface area contributed by atoms with Crippen molar-refractivity contribution in [3.63, 3.8) is 0 Å². The van der Waals surface area contributed by atoms with Gasteiger partial charge < -0.3 is 36.9 Å². The molecule has 1 aromatic heterocycles. The average molecular weight is 510 g/mol. The molecule has 2 aromatic carbocycles. The molecular formula is C26H31N5O6. The Morgan fingerprint density at radius 1 is 0.865 bits per heavy atom. The van der Waals surface area contributed by atoms with Gasteiger partial charge in [0.05, 0.1) is 6.04 Å². The van der Waals surface area contributed by atoms with Gasteiger partial charge in [-0.15, -0.1) is 0 Å². The lowest BCUT2D eigenvalue weighted by Gasteiger charge is -2.24. The standard InChI is InChI=1S/C26H31N5O6/c1-14(27)23(33)29-15(2)24(34)30-21(11-16-7-9-18(32)10-8-16)25(35)31-22(26(36)37)12-17-13-28-20-6-4-3-5-19(17)20/h3-10,13-15,21-22,28,32H,11-12,27H2,1-2H3,(H,29,33)(H,30,34)(H,31,35)(H,36,37). The number of fused-ring (bicyclic) bond motifs is 1. The third-order valence-corrected chi connectivity index (χ3v) is 5.89. The summed E-state index contributed by atoms with van der Waals surface area (Å²) >= 11 is 0. The predicted octanol–water partition coefficient (Wildman–Crippen LogP) is 0.565. The molecule has 0 spiro atoms. The van der Waals surface area contributed by atoms with Gasteiger partial charge in [0.15, 0.2) is 0 Å². The van der Waals surface area contributed by atoms with Gasteiger partial charge in [0, 0.05) is 29.9 Å². The molecule has 0 bridgehead atoms. The maximum atomic E-state index is 13.3. The Morgan fingerprint density at radius 2 is 1.51 bits per heavy atom. The van der Waals surface area contributed by atoms with Gasteiger partial charge in [0.25, 0.3) is 0 Å². The van der Waals surface area contributed by atoms with Crippen LogP contribution in [0.25, 0.3) is 10.9 Å². The number of carboxylic acids is 1. The number of hydrogen-bond donors (Lipinski definition) is 7. The summed E-state index contributed by atoms with van der Waals surface area (Å²) in [5, 5.41) is 27.8. The SMILES string of the molecule is CC(N)C(=O)NC(C)C(=O)NC(Cc1ccc(O)cc1)C(=O)NC(Cc1c[nH]c2ccccc12)C(=O)O. The largest absolute Gasteiger partial charge is 0.508 e. The normalized spacial score (nSPS) is 14.2. The van der Waals surface area contributed by atoms with E-state index in [9.17, 15) is 29.4 Å². The quantitative estimate of drug-likeness (QED) is 0.197. The number of nitrogens with one attached hydrogen (secondary N) is 4. The summed E-state index contributed by atoms with van der Waals surface area (Å²) in [5.41, 5.74) is 7.71. The van der Waals surface area contributed by atoms with Gasteiger partial charge in [-0.3, -0.25) is 14.4 Å². The number of aromatic nitrogens is 1. The third kappa shape index (κ3) is 7.31. The monoisotopic (exact) mass is 509 g/mol. The first-order valence-electron chi connectivity index (χ1n) is 11.8. The molecule has 11 heteroatoms. The van der Waals surface area contributed by atoms with E-state index in [4.69, 9.17) is 5.73 Å². The van der Waals surface area contributed by atoms with Crippen molar-refractivity contribution in [3.8, 4) is 5.75 Å². The van der Waals surface area contributed by atoms with E-state index in [2.05, 4.69) is 20.9 Å². The lowest BCUT2D eigenvalue weighted by Crippen LogP contribution is -2.57. The highest BCUT2D eigenvalue weighted by molar-refractivity contribution is 5.94. The molecule has 0 radical (unpaired) electrons. The van der Waals surface area contributed by atoms with E-state index in [0.717, 1.165) is 16.5 Å². The summed E-state index contributed by atoms with van der Waals surface area (Å²) in [5.74, 6) is -3.08. The highest BCUT2D eigenvalue weighted by Crippen LogP contribution is 2.19. The van der Waals surface area contributed by atoms with E-state index in [-0.39, 0.29) is 18.6 Å². The second kappa shape index (κ2) is 12.0. The third-order valence-electron chi connectivity index (χ3n) is 5.89. The van der Waals surface area contributed by atoms with Crippen molar-refractivity contribution >= 4 is 34.6 Å². The lowest BCUT2D eigenvalue weighted by atomic mass is 10.0. The van der Waals surface area contributed by atoms with Gasteiger partial charge in [-0.2, -0.15) is 0 Å². The Labute approximate surface area is 213 Å². The van der Waals surface area contributed by atoms with Crippen molar-refractivity contribution in [2.45, 2.75) is 50.9 Å². The molecule has 37 heavy (non-hydrogen) atoms. The molecular weight excluding hydrogens is 478 g/mol. The van der Waals surface area contributed by atoms with Gasteiger partial charge in [0.1, 0.15) is 23.9 Å². The molecule has 0 aliphatic heterocycles. The zero-order valence-electron chi connectivity index (χ0n) is 20.5. The van der Waals surface area contributed by atoms with E-state index in [1.165, 1.54) is 26.0 Å². The van der Waals surface area contributed by atoms with Gasteiger partial charge in [-0.1, -0.05) is 30.3 Å². The molecule has 0 aliphatic carbocycles. The molecule has 196 valence electrons. The van der Waals surface area contributed by atoms with Crippen LogP contribution in [0, 0.1) is 0 Å². The molecule has 0 fully saturated rings. The van der Waals surface area contributed by atoms with Crippen LogP contribution in [0.15, 0.2) is 54.7 Å². The average Bonchev–Trinajstić information content (AvgIpc) is 3.27. The second-order valence-corrected chi connectivity index (χ2v) is 8.91. The number of carboxylic acid groups (broad SMARTS) is 1. The molecule has 0 saturated carbocycles. The Hall–Kier alpha value is -4.38. The molecule has 11 nitrogen and oxygen atoms in total. The maximum Gasteiger partial charge on any atom is 0.326 e. The number of aromatic hydroxyl groups is 1. The van der Waals surface area contributed by atoms with Crippen LogP contribution in [0.3, 0.4) is 0 Å². The molecule has 3 rings (SSSR count). The Bertz CT molecular complexity index is 1270. The number of carbonyl (C=O) groups excluding carboxylic acids is 3. The van der Waals surface area contributed by atoms with Crippen LogP contribution in [0.2, 0.25) is 0 Å². The fourth-order valence-electron chi connectivity index (χ4n) is 3.78. The van der Waals surface area contributed by atoms with E-state index < -0.39 is 47.9 Å². The van der Waals surface area contributed by atoms with E-state index in [1.807, 2.05) is 24.3 Å². The topological polar surface area (TPSA) is 187 Å². The Kier molecular flexibility index (Phi) is 8.86. The zero-order valence-corrected chi connectivity index (χ0v) is 20.5. The highest BCUT2D eigenvalue weighted by atomic mass is 16.4. The van der Waals surface area contributed by atoms with Crippen molar-refractivity contribution in [1.82, 2.24) is 20.9 Å². The molecule has 4 unspecified atom stereocenters. The second-order valence-electron chi connectivity index (χ2n) is 8.91. The first kappa shape index (κ1) is 27.2. The van der Waals surface area contributed by atoms with Crippen molar-refractivity contribution in [3.05, 3.63) is 65.9 Å². The summed E-state index contributed by atoms with van der Waals surface area (Å²) < 4.78 is 0. The van der Waals surface area contributed by atoms with Crippen molar-refractivity contribution in [1.29, 1.82) is 0 Å². The van der Waals surface area contributed by atoms with Crippen LogP contribution in [-0.4, -0.2) is 63.1 Å². The number of aromatic amines is 1. The minimum atomic E-state index is -1.26. The van der Waals surface area contributed by atoms with Crippen LogP contribution in [0.4, 0.5) is 0 Å². The van der Waals surface area contributed by atoms with E-state index in [1.54, 1.807) is 18.3 Å². The smallest absolute Gasteiger partial charge is 0.326 e. The number of hydrogen-bond acceptors (Lipinski definition) is 6. The predicted molar refractivity (Wildman–Crippen MR) is 137 cm³/mol. The first-order valence-corrected chi connectivity index (χ1v) is 11.8. The van der Waals surface area contributed by atoms with Crippen LogP contribution >= 0.6 is 0 Å². The number of para-hydroxylation sites is 1.